The van der Waals surface area contributed by atoms with Crippen LogP contribution in [0.15, 0.2) is 18.2 Å². The third-order valence-electron chi connectivity index (χ3n) is 3.48. The Balaban J connectivity index is 2.16. The molecule has 1 N–H and O–H groups in total. The smallest absolute Gasteiger partial charge is 0.178 e. The molecule has 1 saturated heterocycles. The maximum absolute atomic E-state index is 13.4. The van der Waals surface area contributed by atoms with E-state index in [0.29, 0.717) is 16.7 Å². The van der Waals surface area contributed by atoms with E-state index in [1.165, 1.54) is 12.1 Å². The molecule has 1 unspecified atom stereocenters. The first-order valence-corrected chi connectivity index (χ1v) is 8.29. The van der Waals surface area contributed by atoms with Crippen molar-refractivity contribution in [2.75, 3.05) is 11.5 Å². The van der Waals surface area contributed by atoms with Gasteiger partial charge in [0.2, 0.25) is 0 Å². The molecule has 1 aromatic carbocycles. The van der Waals surface area contributed by atoms with Crippen LogP contribution in [-0.4, -0.2) is 29.5 Å². The molecule has 7 heteroatoms. The van der Waals surface area contributed by atoms with E-state index >= 15 is 0 Å². The fraction of sp³-hybridized carbons (Fsp3) is 0.417. The average molecular weight is 300 g/mol. The normalized spacial score (nSPS) is 22.7. The van der Waals surface area contributed by atoms with E-state index in [1.54, 1.807) is 10.6 Å². The first-order chi connectivity index (χ1) is 8.96. The minimum atomic E-state index is -3.03. The highest BCUT2D eigenvalue weighted by molar-refractivity contribution is 7.91. The van der Waals surface area contributed by atoms with Crippen molar-refractivity contribution in [3.05, 3.63) is 28.8 Å². The lowest BCUT2D eigenvalue weighted by Gasteiger charge is -2.23. The summed E-state index contributed by atoms with van der Waals surface area (Å²) in [7, 11) is -3.03. The number of nitrogens with zero attached hydrogens (tertiary/aromatic N) is 1. The van der Waals surface area contributed by atoms with Gasteiger partial charge in [0.25, 0.3) is 0 Å². The summed E-state index contributed by atoms with van der Waals surface area (Å²) in [6, 6.07) is 4.16. The molecule has 0 saturated carbocycles. The molecule has 2 aromatic rings. The van der Waals surface area contributed by atoms with Crippen molar-refractivity contribution < 1.29 is 12.8 Å². The predicted octanol–water partition coefficient (Wildman–Crippen LogP) is 2.59. The number of benzene rings is 1. The number of aromatic amines is 1. The zero-order valence-corrected chi connectivity index (χ0v) is 11.7. The Labute approximate surface area is 115 Å². The monoisotopic (exact) mass is 300 g/mol. The molecule has 4 nitrogen and oxygen atoms in total. The second-order valence-electron chi connectivity index (χ2n) is 4.87. The minimum absolute atomic E-state index is 0.0742. The van der Waals surface area contributed by atoms with Crippen LogP contribution in [0.4, 0.5) is 4.39 Å². The second-order valence-corrected chi connectivity index (χ2v) is 7.49. The Kier molecular flexibility index (Phi) is 2.98. The van der Waals surface area contributed by atoms with E-state index in [9.17, 15) is 12.8 Å². The number of H-pyrrole nitrogens is 1. The highest BCUT2D eigenvalue weighted by atomic mass is 32.2. The van der Waals surface area contributed by atoms with Crippen LogP contribution < -0.4 is 0 Å². The van der Waals surface area contributed by atoms with Crippen LogP contribution in [0.2, 0.25) is 0 Å². The number of aromatic nitrogens is 2. The number of imidazole rings is 1. The van der Waals surface area contributed by atoms with Crippen molar-refractivity contribution in [2.45, 2.75) is 18.9 Å². The minimum Gasteiger partial charge on any atom is -0.331 e. The van der Waals surface area contributed by atoms with Gasteiger partial charge in [0, 0.05) is 0 Å². The summed E-state index contributed by atoms with van der Waals surface area (Å²) in [5.41, 5.74) is 1.36. The Morgan fingerprint density at radius 2 is 2.21 bits per heavy atom. The molecule has 0 bridgehead atoms. The summed E-state index contributed by atoms with van der Waals surface area (Å²) in [5, 5.41) is 0. The first kappa shape index (κ1) is 12.8. The van der Waals surface area contributed by atoms with Gasteiger partial charge in [-0.05, 0) is 43.3 Å². The zero-order valence-electron chi connectivity index (χ0n) is 10.1. The number of rotatable bonds is 1. The number of sulfone groups is 1. The number of hydrogen-bond acceptors (Lipinski definition) is 3. The summed E-state index contributed by atoms with van der Waals surface area (Å²) in [6.45, 7) is 0. The molecule has 1 aliphatic rings. The second kappa shape index (κ2) is 4.42. The lowest BCUT2D eigenvalue weighted by molar-refractivity contribution is 0.475. The largest absolute Gasteiger partial charge is 0.331 e. The third-order valence-corrected chi connectivity index (χ3v) is 5.59. The SMILES string of the molecule is O=S1(=O)CCCC(n2c(=S)[nH]c3ccc(F)cc32)C1. The van der Waals surface area contributed by atoms with Gasteiger partial charge in [-0.15, -0.1) is 0 Å². The highest BCUT2D eigenvalue weighted by Crippen LogP contribution is 2.28. The van der Waals surface area contributed by atoms with Gasteiger partial charge < -0.3 is 9.55 Å². The van der Waals surface area contributed by atoms with Gasteiger partial charge in [-0.2, -0.15) is 0 Å². The molecule has 3 rings (SSSR count). The summed E-state index contributed by atoms with van der Waals surface area (Å²) >= 11 is 5.24. The molecule has 1 aliphatic heterocycles. The van der Waals surface area contributed by atoms with Crippen LogP contribution in [0.5, 0.6) is 0 Å². The molecule has 1 fully saturated rings. The standard InChI is InChI=1S/C12H13FN2O2S2/c13-8-3-4-10-11(6-8)15(12(18)14-10)9-2-1-5-19(16,17)7-9/h3-4,6,9H,1-2,5,7H2,(H,14,18). The van der Waals surface area contributed by atoms with Crippen LogP contribution in [-0.2, 0) is 9.84 Å². The fourth-order valence-electron chi connectivity index (χ4n) is 2.66. The van der Waals surface area contributed by atoms with Crippen molar-refractivity contribution in [1.29, 1.82) is 0 Å². The van der Waals surface area contributed by atoms with Crippen molar-refractivity contribution >= 4 is 33.1 Å². The third kappa shape index (κ3) is 2.32. The van der Waals surface area contributed by atoms with Gasteiger partial charge in [0.1, 0.15) is 5.82 Å². The molecule has 1 aromatic heterocycles. The van der Waals surface area contributed by atoms with Gasteiger partial charge in [-0.1, -0.05) is 0 Å². The molecule has 1 atom stereocenters. The zero-order chi connectivity index (χ0) is 13.6. The van der Waals surface area contributed by atoms with Crippen molar-refractivity contribution in [2.24, 2.45) is 0 Å². The van der Waals surface area contributed by atoms with Crippen LogP contribution in [0, 0.1) is 10.6 Å². The number of fused-ring (bicyclic) bond motifs is 1. The lowest BCUT2D eigenvalue weighted by Crippen LogP contribution is -2.27. The van der Waals surface area contributed by atoms with Gasteiger partial charge in [0.05, 0.1) is 28.6 Å². The van der Waals surface area contributed by atoms with E-state index in [0.717, 1.165) is 11.9 Å². The van der Waals surface area contributed by atoms with E-state index in [-0.39, 0.29) is 23.4 Å². The topological polar surface area (TPSA) is 54.9 Å². The van der Waals surface area contributed by atoms with Gasteiger partial charge >= 0.3 is 0 Å². The summed E-state index contributed by atoms with van der Waals surface area (Å²) in [5.74, 6) is -0.0490. The summed E-state index contributed by atoms with van der Waals surface area (Å²) in [6.07, 6.45) is 1.37. The molecule has 2 heterocycles. The van der Waals surface area contributed by atoms with Gasteiger partial charge in [-0.3, -0.25) is 0 Å². The van der Waals surface area contributed by atoms with Crippen molar-refractivity contribution in [3.63, 3.8) is 0 Å². The Hall–Kier alpha value is -1.21. The Morgan fingerprint density at radius 1 is 1.42 bits per heavy atom. The molecule has 0 radical (unpaired) electrons. The van der Waals surface area contributed by atoms with Crippen molar-refractivity contribution in [3.8, 4) is 0 Å². The molecule has 102 valence electrons. The van der Waals surface area contributed by atoms with Crippen LogP contribution in [0.25, 0.3) is 11.0 Å². The van der Waals surface area contributed by atoms with Gasteiger partial charge in [0.15, 0.2) is 14.6 Å². The van der Waals surface area contributed by atoms with Crippen LogP contribution in [0.1, 0.15) is 18.9 Å². The van der Waals surface area contributed by atoms with E-state index in [2.05, 4.69) is 4.98 Å². The van der Waals surface area contributed by atoms with Crippen molar-refractivity contribution in [1.82, 2.24) is 9.55 Å². The predicted molar refractivity (Wildman–Crippen MR) is 74.0 cm³/mol. The summed E-state index contributed by atoms with van der Waals surface area (Å²) < 4.78 is 39.0. The fourth-order valence-corrected chi connectivity index (χ4v) is 4.69. The van der Waals surface area contributed by atoms with E-state index in [4.69, 9.17) is 12.2 Å². The molecule has 0 spiro atoms. The Morgan fingerprint density at radius 3 is 2.95 bits per heavy atom. The highest BCUT2D eigenvalue weighted by Gasteiger charge is 2.27. The maximum Gasteiger partial charge on any atom is 0.178 e. The average Bonchev–Trinajstić information content (AvgIpc) is 2.63. The molecule has 19 heavy (non-hydrogen) atoms. The molecule has 0 amide bonds. The summed E-state index contributed by atoms with van der Waals surface area (Å²) in [4.78, 5) is 3.00. The number of halogens is 1. The molecular weight excluding hydrogens is 287 g/mol. The van der Waals surface area contributed by atoms with E-state index < -0.39 is 9.84 Å². The lowest BCUT2D eigenvalue weighted by atomic mass is 10.2. The van der Waals surface area contributed by atoms with Crippen LogP contribution in [0.3, 0.4) is 0 Å². The van der Waals surface area contributed by atoms with E-state index in [1.807, 2.05) is 0 Å². The number of nitrogens with one attached hydrogen (secondary N) is 1. The van der Waals surface area contributed by atoms with Crippen LogP contribution >= 0.6 is 12.2 Å². The maximum atomic E-state index is 13.4. The number of hydrogen-bond donors (Lipinski definition) is 1. The van der Waals surface area contributed by atoms with Gasteiger partial charge in [-0.25, -0.2) is 12.8 Å². The first-order valence-electron chi connectivity index (χ1n) is 6.06. The molecule has 0 aliphatic carbocycles. The molecular formula is C12H13FN2O2S2. The quantitative estimate of drug-likeness (QED) is 0.824. The Bertz CT molecular complexity index is 792.